The van der Waals surface area contributed by atoms with Gasteiger partial charge in [0.1, 0.15) is 5.82 Å². The maximum Gasteiger partial charge on any atom is 0.307 e. The van der Waals surface area contributed by atoms with Crippen LogP contribution in [0.2, 0.25) is 0 Å². The topological polar surface area (TPSA) is 60.7 Å². The van der Waals surface area contributed by atoms with E-state index in [9.17, 15) is 14.0 Å². The molecule has 0 spiro atoms. The Morgan fingerprint density at radius 2 is 1.93 bits per heavy atom. The SMILES string of the molecule is CCOC(=O)CCn1c(=NC(=O)c2ccc(C)cc2)sc2cc(F)ccc21. The molecule has 0 saturated heterocycles. The highest BCUT2D eigenvalue weighted by atomic mass is 32.1. The highest BCUT2D eigenvalue weighted by Gasteiger charge is 2.12. The third-order valence-electron chi connectivity index (χ3n) is 3.99. The lowest BCUT2D eigenvalue weighted by Gasteiger charge is -2.05. The standard InChI is InChI=1S/C20H19FN2O3S/c1-3-26-18(24)10-11-23-16-9-8-15(21)12-17(16)27-20(23)22-19(25)14-6-4-13(2)5-7-14/h4-9,12H,3,10-11H2,1-2H3. The first kappa shape index (κ1) is 19.0. The summed E-state index contributed by atoms with van der Waals surface area (Å²) in [4.78, 5) is 28.9. The van der Waals surface area contributed by atoms with Crippen LogP contribution in [-0.4, -0.2) is 23.1 Å². The normalized spacial score (nSPS) is 11.7. The molecule has 0 aliphatic rings. The molecule has 1 amide bonds. The lowest BCUT2D eigenvalue weighted by molar-refractivity contribution is -0.143. The van der Waals surface area contributed by atoms with Crippen LogP contribution >= 0.6 is 11.3 Å². The highest BCUT2D eigenvalue weighted by molar-refractivity contribution is 7.16. The molecule has 140 valence electrons. The molecule has 0 aliphatic heterocycles. The quantitative estimate of drug-likeness (QED) is 0.626. The Labute approximate surface area is 159 Å². The fourth-order valence-electron chi connectivity index (χ4n) is 2.63. The second-order valence-electron chi connectivity index (χ2n) is 5.99. The summed E-state index contributed by atoms with van der Waals surface area (Å²) in [6.45, 7) is 4.29. The summed E-state index contributed by atoms with van der Waals surface area (Å²) < 4.78 is 21.0. The average Bonchev–Trinajstić information content (AvgIpc) is 2.96. The Bertz CT molecular complexity index is 1050. The summed E-state index contributed by atoms with van der Waals surface area (Å²) in [5.74, 6) is -1.08. The fourth-order valence-corrected chi connectivity index (χ4v) is 3.71. The Hall–Kier alpha value is -2.80. The molecule has 0 atom stereocenters. The summed E-state index contributed by atoms with van der Waals surface area (Å²) in [5.41, 5.74) is 2.25. The minimum Gasteiger partial charge on any atom is -0.466 e. The van der Waals surface area contributed by atoms with Gasteiger partial charge in [-0.1, -0.05) is 29.0 Å². The van der Waals surface area contributed by atoms with Gasteiger partial charge in [0, 0.05) is 12.1 Å². The summed E-state index contributed by atoms with van der Waals surface area (Å²) >= 11 is 1.21. The minimum absolute atomic E-state index is 0.142. The van der Waals surface area contributed by atoms with Crippen LogP contribution in [0.1, 0.15) is 29.3 Å². The van der Waals surface area contributed by atoms with E-state index >= 15 is 0 Å². The van der Waals surface area contributed by atoms with Crippen molar-refractivity contribution in [2.24, 2.45) is 4.99 Å². The molecule has 7 heteroatoms. The summed E-state index contributed by atoms with van der Waals surface area (Å²) in [6.07, 6.45) is 0.142. The van der Waals surface area contributed by atoms with Crippen LogP contribution in [0, 0.1) is 12.7 Å². The lowest BCUT2D eigenvalue weighted by atomic mass is 10.1. The van der Waals surface area contributed by atoms with Gasteiger partial charge in [-0.05, 0) is 44.2 Å². The van der Waals surface area contributed by atoms with Gasteiger partial charge in [-0.3, -0.25) is 9.59 Å². The van der Waals surface area contributed by atoms with E-state index in [-0.39, 0.29) is 24.1 Å². The molecule has 5 nitrogen and oxygen atoms in total. The zero-order chi connectivity index (χ0) is 19.4. The molecule has 27 heavy (non-hydrogen) atoms. The molecule has 0 saturated carbocycles. The van der Waals surface area contributed by atoms with E-state index in [0.29, 0.717) is 28.2 Å². The van der Waals surface area contributed by atoms with Gasteiger partial charge in [-0.15, -0.1) is 0 Å². The van der Waals surface area contributed by atoms with Crippen LogP contribution in [0.5, 0.6) is 0 Å². The number of esters is 1. The number of thiazole rings is 1. The number of nitrogens with zero attached hydrogens (tertiary/aromatic N) is 2. The van der Waals surface area contributed by atoms with Gasteiger partial charge in [-0.2, -0.15) is 4.99 Å². The molecule has 3 rings (SSSR count). The zero-order valence-electron chi connectivity index (χ0n) is 15.1. The first-order valence-electron chi connectivity index (χ1n) is 8.58. The zero-order valence-corrected chi connectivity index (χ0v) is 15.9. The van der Waals surface area contributed by atoms with E-state index in [2.05, 4.69) is 4.99 Å². The van der Waals surface area contributed by atoms with Gasteiger partial charge in [-0.25, -0.2) is 4.39 Å². The molecule has 3 aromatic rings. The van der Waals surface area contributed by atoms with E-state index in [0.717, 1.165) is 11.1 Å². The Morgan fingerprint density at radius 1 is 1.19 bits per heavy atom. The first-order valence-corrected chi connectivity index (χ1v) is 9.40. The Balaban J connectivity index is 2.02. The molecule has 0 bridgehead atoms. The van der Waals surface area contributed by atoms with Crippen molar-refractivity contribution in [2.45, 2.75) is 26.8 Å². The first-order chi connectivity index (χ1) is 13.0. The minimum atomic E-state index is -0.382. The van der Waals surface area contributed by atoms with Crippen molar-refractivity contribution >= 4 is 33.4 Å². The molecule has 1 heterocycles. The van der Waals surface area contributed by atoms with Crippen LogP contribution in [0.4, 0.5) is 4.39 Å². The van der Waals surface area contributed by atoms with Crippen molar-refractivity contribution in [1.82, 2.24) is 4.57 Å². The number of amides is 1. The number of halogens is 1. The number of benzene rings is 2. The van der Waals surface area contributed by atoms with E-state index < -0.39 is 0 Å². The maximum absolute atomic E-state index is 13.6. The van der Waals surface area contributed by atoms with Crippen molar-refractivity contribution < 1.29 is 18.7 Å². The third-order valence-corrected chi connectivity index (χ3v) is 5.03. The van der Waals surface area contributed by atoms with E-state index in [1.807, 2.05) is 19.1 Å². The highest BCUT2D eigenvalue weighted by Crippen LogP contribution is 2.19. The number of fused-ring (bicyclic) bond motifs is 1. The second kappa shape index (κ2) is 8.26. The van der Waals surface area contributed by atoms with Gasteiger partial charge in [0.15, 0.2) is 4.80 Å². The van der Waals surface area contributed by atoms with Crippen LogP contribution in [-0.2, 0) is 16.1 Å². The predicted molar refractivity (Wildman–Crippen MR) is 102 cm³/mol. The molecule has 0 fully saturated rings. The fraction of sp³-hybridized carbons (Fsp3) is 0.250. The van der Waals surface area contributed by atoms with Crippen LogP contribution < -0.4 is 4.80 Å². The molecule has 0 aliphatic carbocycles. The van der Waals surface area contributed by atoms with Crippen molar-refractivity contribution in [2.75, 3.05) is 6.61 Å². The summed E-state index contributed by atoms with van der Waals surface area (Å²) in [6, 6.07) is 11.5. The van der Waals surface area contributed by atoms with Crippen LogP contribution in [0.3, 0.4) is 0 Å². The van der Waals surface area contributed by atoms with E-state index in [1.54, 1.807) is 29.7 Å². The third kappa shape index (κ3) is 4.49. The lowest BCUT2D eigenvalue weighted by Crippen LogP contribution is -2.19. The van der Waals surface area contributed by atoms with Gasteiger partial charge >= 0.3 is 5.97 Å². The molecule has 2 aromatic carbocycles. The number of aromatic nitrogens is 1. The van der Waals surface area contributed by atoms with Gasteiger partial charge in [0.25, 0.3) is 5.91 Å². The monoisotopic (exact) mass is 386 g/mol. The average molecular weight is 386 g/mol. The molecule has 0 unspecified atom stereocenters. The number of hydrogen-bond donors (Lipinski definition) is 0. The predicted octanol–water partition coefficient (Wildman–Crippen LogP) is 3.84. The molecule has 0 N–H and O–H groups in total. The number of hydrogen-bond acceptors (Lipinski definition) is 4. The molecule has 1 aromatic heterocycles. The van der Waals surface area contributed by atoms with E-state index in [1.165, 1.54) is 23.5 Å². The van der Waals surface area contributed by atoms with Crippen molar-refractivity contribution in [3.8, 4) is 0 Å². The summed E-state index contributed by atoms with van der Waals surface area (Å²) in [5, 5.41) is 0. The second-order valence-corrected chi connectivity index (χ2v) is 7.00. The number of carbonyl (C=O) groups is 2. The van der Waals surface area contributed by atoms with Crippen molar-refractivity contribution in [3.63, 3.8) is 0 Å². The smallest absolute Gasteiger partial charge is 0.307 e. The Kier molecular flexibility index (Phi) is 5.81. The maximum atomic E-state index is 13.6. The van der Waals surface area contributed by atoms with Crippen molar-refractivity contribution in [1.29, 1.82) is 0 Å². The van der Waals surface area contributed by atoms with Crippen LogP contribution in [0.15, 0.2) is 47.5 Å². The summed E-state index contributed by atoms with van der Waals surface area (Å²) in [7, 11) is 0. The number of rotatable bonds is 5. The largest absolute Gasteiger partial charge is 0.466 e. The van der Waals surface area contributed by atoms with Gasteiger partial charge in [0.05, 0.1) is 23.2 Å². The number of ether oxygens (including phenoxy) is 1. The Morgan fingerprint density at radius 3 is 2.63 bits per heavy atom. The molecule has 0 radical (unpaired) electrons. The number of carbonyl (C=O) groups excluding carboxylic acids is 2. The van der Waals surface area contributed by atoms with Gasteiger partial charge < -0.3 is 9.30 Å². The molecular weight excluding hydrogens is 367 g/mol. The van der Waals surface area contributed by atoms with E-state index in [4.69, 9.17) is 4.74 Å². The van der Waals surface area contributed by atoms with Crippen molar-refractivity contribution in [3.05, 3.63) is 64.2 Å². The molecular formula is C20H19FN2O3S. The van der Waals surface area contributed by atoms with Gasteiger partial charge in [0.2, 0.25) is 0 Å². The number of aryl methyl sites for hydroxylation is 2. The van der Waals surface area contributed by atoms with Crippen LogP contribution in [0.25, 0.3) is 10.2 Å².